The number of aromatic nitrogens is 4. The van der Waals surface area contributed by atoms with E-state index < -0.39 is 122 Å². The van der Waals surface area contributed by atoms with Crippen molar-refractivity contribution in [1.82, 2.24) is 25.3 Å². The van der Waals surface area contributed by atoms with E-state index in [9.17, 15) is 45.0 Å². The fourth-order valence-corrected chi connectivity index (χ4v) is 11.1. The molecule has 16 atom stereocenters. The number of aromatic amines is 2. The molecule has 19 N–H and O–H groups in total. The summed E-state index contributed by atoms with van der Waals surface area (Å²) in [6, 6.07) is 1.95. The number of rotatable bonds is 14. The summed E-state index contributed by atoms with van der Waals surface area (Å²) >= 11 is 0. The van der Waals surface area contributed by atoms with E-state index in [2.05, 4.69) is 15.3 Å². The van der Waals surface area contributed by atoms with Crippen molar-refractivity contribution in [1.29, 1.82) is 0 Å². The number of nitrogens with zero attached hydrogens (tertiary/aromatic N) is 2. The maximum absolute atomic E-state index is 13.9. The summed E-state index contributed by atoms with van der Waals surface area (Å²) < 4.78 is 24.0. The number of aryl methyl sites for hydroxylation is 4. The van der Waals surface area contributed by atoms with Crippen LogP contribution in [0.1, 0.15) is 109 Å². The molecule has 3 aromatic heterocycles. The number of aliphatic hydroxyl groups is 4. The molecule has 8 bridgehead atoms. The van der Waals surface area contributed by atoms with Crippen molar-refractivity contribution < 1.29 is 64.0 Å². The van der Waals surface area contributed by atoms with Crippen LogP contribution >= 0.6 is 0 Å². The normalized spacial score (nSPS) is 32.4. The summed E-state index contributed by atoms with van der Waals surface area (Å²) in [7, 11) is 0. The minimum Gasteiger partial charge on any atom is -0.481 e. The minimum atomic E-state index is -1.61. The third-order valence-corrected chi connectivity index (χ3v) is 15.8. The highest BCUT2D eigenvalue weighted by Crippen LogP contribution is 2.44. The number of aliphatic hydroxyl groups excluding tert-OH is 4. The molecule has 7 heterocycles. The molecule has 1 amide bonds. The second-order valence-corrected chi connectivity index (χ2v) is 20.5. The highest BCUT2D eigenvalue weighted by molar-refractivity contribution is 6.24. The van der Waals surface area contributed by atoms with Crippen molar-refractivity contribution in [2.45, 2.75) is 177 Å². The van der Waals surface area contributed by atoms with Crippen LogP contribution in [-0.4, -0.2) is 167 Å². The number of hydrogen-bond acceptors (Lipinski definition) is 18. The number of carboxylic acids is 2. The quantitative estimate of drug-likeness (QED) is 0.101. The number of carbonyl (C=O) groups is 3. The first kappa shape index (κ1) is 55.0. The molecule has 23 heteroatoms. The van der Waals surface area contributed by atoms with E-state index in [1.807, 2.05) is 46.8 Å². The molecular weight excluding hydrogens is 961 g/mol. The molecule has 2 saturated heterocycles. The lowest BCUT2D eigenvalue weighted by atomic mass is 9.84. The fraction of sp³-hybridized carbons (Fsp3) is 0.588. The van der Waals surface area contributed by atoms with E-state index in [4.69, 9.17) is 57.6 Å². The summed E-state index contributed by atoms with van der Waals surface area (Å²) in [5, 5.41) is 68.1. The molecule has 0 spiro atoms. The molecule has 3 fully saturated rings. The average Bonchev–Trinajstić information content (AvgIpc) is 4.02. The van der Waals surface area contributed by atoms with Gasteiger partial charge < -0.3 is 93.5 Å². The number of hydrogen-bond donors (Lipinski definition) is 14. The van der Waals surface area contributed by atoms with Gasteiger partial charge in [0.05, 0.1) is 59.5 Å². The van der Waals surface area contributed by atoms with E-state index in [0.717, 1.165) is 44.3 Å². The second kappa shape index (κ2) is 22.1. The molecule has 14 unspecified atom stereocenters. The van der Waals surface area contributed by atoms with Gasteiger partial charge in [0.2, 0.25) is 5.91 Å². The SMILES string of the molecule is CCc1c(C)c2cc3[nH]c(cc4nc(c(CC(=O)O)c5nc(cc1[nH]2)C(C)=C5C(=O)O)[C@@H](CCC(=O)NCC1OC(OC2C(N)CC(N)C(OC5OC(CN)C(O)CC5N)C2O)C(O)C(N)C1O)[C@@H]4C)c(C)c3C. The third-order valence-electron chi connectivity index (χ3n) is 15.8. The lowest BCUT2D eigenvalue weighted by Crippen LogP contribution is -2.68. The van der Waals surface area contributed by atoms with Gasteiger partial charge >= 0.3 is 11.9 Å². The van der Waals surface area contributed by atoms with Crippen molar-refractivity contribution in [3.8, 4) is 0 Å². The Kier molecular flexibility index (Phi) is 16.5. The van der Waals surface area contributed by atoms with Crippen LogP contribution in [0.25, 0.3) is 33.2 Å². The van der Waals surface area contributed by atoms with Gasteiger partial charge in [-0.25, -0.2) is 9.78 Å². The number of fused-ring (bicyclic) bond motifs is 8. The Morgan fingerprint density at radius 1 is 0.770 bits per heavy atom. The van der Waals surface area contributed by atoms with E-state index in [1.165, 1.54) is 0 Å². The van der Waals surface area contributed by atoms with Gasteiger partial charge in [-0.05, 0) is 99.4 Å². The first-order chi connectivity index (χ1) is 35.0. The summed E-state index contributed by atoms with van der Waals surface area (Å²) in [6.07, 6.45) is -12.2. The number of nitrogens with two attached hydrogens (primary N) is 5. The first-order valence-corrected chi connectivity index (χ1v) is 25.3. The highest BCUT2D eigenvalue weighted by Gasteiger charge is 2.50. The molecule has 74 heavy (non-hydrogen) atoms. The number of ether oxygens (including phenoxy) is 4. The average molecular weight is 1030 g/mol. The zero-order valence-corrected chi connectivity index (χ0v) is 42.4. The van der Waals surface area contributed by atoms with E-state index in [1.54, 1.807) is 13.0 Å². The Balaban J connectivity index is 1.05. The Bertz CT molecular complexity index is 2840. The van der Waals surface area contributed by atoms with Crippen molar-refractivity contribution >= 4 is 51.1 Å². The first-order valence-electron chi connectivity index (χ1n) is 25.3. The van der Waals surface area contributed by atoms with Crippen LogP contribution in [0.4, 0.5) is 0 Å². The third kappa shape index (κ3) is 10.6. The molecule has 0 aromatic carbocycles. The minimum absolute atomic E-state index is 0.00904. The number of nitrogens with one attached hydrogen (secondary N) is 3. The number of H-pyrrole nitrogens is 2. The van der Waals surface area contributed by atoms with Gasteiger partial charge in [-0.3, -0.25) is 14.6 Å². The summed E-state index contributed by atoms with van der Waals surface area (Å²) in [5.41, 5.74) is 39.9. The molecule has 5 aliphatic rings. The molecule has 8 rings (SSSR count). The number of allylic oxidation sites excluding steroid dienone is 1. The van der Waals surface area contributed by atoms with Crippen LogP contribution in [0.3, 0.4) is 0 Å². The van der Waals surface area contributed by atoms with Crippen LogP contribution in [0.2, 0.25) is 0 Å². The van der Waals surface area contributed by atoms with E-state index >= 15 is 0 Å². The van der Waals surface area contributed by atoms with Gasteiger partial charge in [-0.15, -0.1) is 0 Å². The van der Waals surface area contributed by atoms with E-state index in [0.29, 0.717) is 29.1 Å². The van der Waals surface area contributed by atoms with Gasteiger partial charge in [0.1, 0.15) is 30.5 Å². The molecule has 4 aliphatic heterocycles. The maximum atomic E-state index is 13.9. The summed E-state index contributed by atoms with van der Waals surface area (Å²) in [5.74, 6) is -3.99. The van der Waals surface area contributed by atoms with Crippen molar-refractivity contribution in [2.75, 3.05) is 13.1 Å². The predicted octanol–water partition coefficient (Wildman–Crippen LogP) is -0.0459. The van der Waals surface area contributed by atoms with Crippen LogP contribution in [0, 0.1) is 20.8 Å². The van der Waals surface area contributed by atoms with Crippen molar-refractivity contribution in [3.63, 3.8) is 0 Å². The predicted molar refractivity (Wildman–Crippen MR) is 271 cm³/mol. The van der Waals surface area contributed by atoms with Crippen molar-refractivity contribution in [3.05, 3.63) is 68.8 Å². The Morgan fingerprint density at radius 2 is 1.39 bits per heavy atom. The highest BCUT2D eigenvalue weighted by atomic mass is 16.7. The molecule has 0 radical (unpaired) electrons. The van der Waals surface area contributed by atoms with Gasteiger partial charge in [0.25, 0.3) is 0 Å². The van der Waals surface area contributed by atoms with Crippen LogP contribution in [-0.2, 0) is 46.2 Å². The monoisotopic (exact) mass is 1030 g/mol. The number of carbonyl (C=O) groups excluding carboxylic acids is 1. The zero-order chi connectivity index (χ0) is 53.8. The van der Waals surface area contributed by atoms with Crippen molar-refractivity contribution in [2.24, 2.45) is 28.7 Å². The molecule has 1 saturated carbocycles. The van der Waals surface area contributed by atoms with Gasteiger partial charge in [-0.2, -0.15) is 0 Å². The fourth-order valence-electron chi connectivity index (χ4n) is 11.1. The van der Waals surface area contributed by atoms with Crippen LogP contribution in [0.15, 0.2) is 18.2 Å². The number of aliphatic carboxylic acids is 2. The molecule has 3 aromatic rings. The summed E-state index contributed by atoms with van der Waals surface area (Å²) in [6.45, 7) is 11.3. The largest absolute Gasteiger partial charge is 0.481 e. The molecular formula is C51H72N10O13. The number of amides is 1. The topological polar surface area (TPSA) is 409 Å². The lowest BCUT2D eigenvalue weighted by Gasteiger charge is -2.48. The molecule has 1 aliphatic carbocycles. The lowest BCUT2D eigenvalue weighted by molar-refractivity contribution is -0.311. The smallest absolute Gasteiger partial charge is 0.338 e. The van der Waals surface area contributed by atoms with Gasteiger partial charge in [0, 0.05) is 76.8 Å². The maximum Gasteiger partial charge on any atom is 0.338 e. The van der Waals surface area contributed by atoms with Crippen LogP contribution in [0.5, 0.6) is 0 Å². The van der Waals surface area contributed by atoms with Gasteiger partial charge in [-0.1, -0.05) is 13.8 Å². The molecule has 404 valence electrons. The Hall–Kier alpha value is -5.25. The molecule has 23 nitrogen and oxygen atoms in total. The van der Waals surface area contributed by atoms with Gasteiger partial charge in [0.15, 0.2) is 12.6 Å². The summed E-state index contributed by atoms with van der Waals surface area (Å²) in [4.78, 5) is 56.7. The van der Waals surface area contributed by atoms with E-state index in [-0.39, 0.29) is 55.6 Å². The van der Waals surface area contributed by atoms with Crippen LogP contribution < -0.4 is 34.0 Å². The second-order valence-electron chi connectivity index (χ2n) is 20.5. The standard InChI is InChI=1S/C51H72N10O13/c1-7-23-20(4)31-13-29-18(2)19(3)30(58-29)14-32-21(5)24(42(60-32)25(10-39(64)65)43-40(49(69)70)22(6)33(61-43)15-34(23)59-31)8-9-38(63)57-17-37-44(66)41(56)45(67)51(72-37)74-48-27(54)11-26(53)47(46(48)68)73-50-28(55)12-35(62)36(16-52)71-50/h13-15,21,24,26-28,35-37,41,44-48,50-51,58-59,62,66-68H,7-12,16-17,52-56H2,1-6H3,(H,57,63)(H,64,65)(H,69,70)/t21-,24-,26?,27?,28?,35?,36?,37?,41?,44?,45?,46?,47?,48?,50?,51?/m0/s1. The Labute approximate surface area is 427 Å². The zero-order valence-electron chi connectivity index (χ0n) is 42.4. The Morgan fingerprint density at radius 3 is 2.03 bits per heavy atom. The number of carboxylic acid groups (broad SMARTS) is 2.